The molecule has 1 fully saturated rings. The third-order valence-electron chi connectivity index (χ3n) is 5.78. The molecule has 3 aromatic rings. The molecule has 0 bridgehead atoms. The fraction of sp³-hybridized carbons (Fsp3) is 0.333. The highest BCUT2D eigenvalue weighted by Gasteiger charge is 2.42. The van der Waals surface area contributed by atoms with Crippen molar-refractivity contribution in [1.29, 1.82) is 0 Å². The number of hydrogen-bond donors (Lipinski definition) is 2. The molecule has 0 amide bonds. The summed E-state index contributed by atoms with van der Waals surface area (Å²) >= 11 is 0. The van der Waals surface area contributed by atoms with Gasteiger partial charge in [-0.3, -0.25) is 4.68 Å². The van der Waals surface area contributed by atoms with E-state index in [4.69, 9.17) is 15.6 Å². The van der Waals surface area contributed by atoms with Crippen LogP contribution in [0, 0.1) is 0 Å². The van der Waals surface area contributed by atoms with Crippen molar-refractivity contribution in [1.82, 2.24) is 20.1 Å². The predicted molar refractivity (Wildman–Crippen MR) is 104 cm³/mol. The van der Waals surface area contributed by atoms with Crippen LogP contribution in [0.25, 0.3) is 11.3 Å². The van der Waals surface area contributed by atoms with Crippen molar-refractivity contribution in [2.75, 3.05) is 18.8 Å². The van der Waals surface area contributed by atoms with Crippen LogP contribution in [0.1, 0.15) is 24.1 Å². The second-order valence-electron chi connectivity index (χ2n) is 7.48. The van der Waals surface area contributed by atoms with Crippen LogP contribution in [0.4, 0.5) is 5.82 Å². The average Bonchev–Trinajstić information content (AvgIpc) is 3.41. The van der Waals surface area contributed by atoms with E-state index in [1.807, 2.05) is 36.4 Å². The van der Waals surface area contributed by atoms with Crippen LogP contribution in [0.3, 0.4) is 0 Å². The smallest absolute Gasteiger partial charge is 0.166 e. The minimum atomic E-state index is 0.249. The molecule has 2 aromatic heterocycles. The van der Waals surface area contributed by atoms with Crippen molar-refractivity contribution in [2.24, 2.45) is 0 Å². The molecule has 0 aliphatic carbocycles. The van der Waals surface area contributed by atoms with Crippen molar-refractivity contribution in [3.8, 4) is 17.0 Å². The molecule has 6 nitrogen and oxygen atoms in total. The minimum Gasteiger partial charge on any atom is -0.485 e. The van der Waals surface area contributed by atoms with E-state index in [2.05, 4.69) is 21.0 Å². The van der Waals surface area contributed by atoms with E-state index in [1.165, 1.54) is 18.5 Å². The molecule has 2 aliphatic heterocycles. The monoisotopic (exact) mass is 361 g/mol. The number of anilines is 1. The lowest BCUT2D eigenvalue weighted by Crippen LogP contribution is -2.25. The largest absolute Gasteiger partial charge is 0.485 e. The Hall–Kier alpha value is -2.86. The van der Waals surface area contributed by atoms with Gasteiger partial charge in [0.15, 0.2) is 11.6 Å². The quantitative estimate of drug-likeness (QED) is 0.747. The molecule has 27 heavy (non-hydrogen) atoms. The number of ether oxygens (including phenoxy) is 1. The summed E-state index contributed by atoms with van der Waals surface area (Å²) in [4.78, 5) is 4.33. The number of pyridine rings is 1. The van der Waals surface area contributed by atoms with Crippen molar-refractivity contribution < 1.29 is 4.74 Å². The summed E-state index contributed by atoms with van der Waals surface area (Å²) in [5.41, 5.74) is 10.6. The maximum absolute atomic E-state index is 6.03. The van der Waals surface area contributed by atoms with Gasteiger partial charge in [0.05, 0.1) is 5.69 Å². The molecule has 0 saturated carbocycles. The SMILES string of the molecule is Nc1ncc(-c2cc3n(n2)CCC32CCNC2)cc1OCc1ccccc1. The number of hydrogen-bond acceptors (Lipinski definition) is 5. The molecule has 1 atom stereocenters. The first-order valence-corrected chi connectivity index (χ1v) is 9.45. The Morgan fingerprint density at radius 1 is 1.19 bits per heavy atom. The van der Waals surface area contributed by atoms with Crippen molar-refractivity contribution in [3.05, 3.63) is 59.9 Å². The first-order valence-electron chi connectivity index (χ1n) is 9.45. The molecule has 1 saturated heterocycles. The summed E-state index contributed by atoms with van der Waals surface area (Å²) in [5.74, 6) is 1.000. The first kappa shape index (κ1) is 16.3. The number of nitrogens with one attached hydrogen (secondary N) is 1. The van der Waals surface area contributed by atoms with Gasteiger partial charge in [-0.15, -0.1) is 0 Å². The second-order valence-corrected chi connectivity index (χ2v) is 7.48. The van der Waals surface area contributed by atoms with Crippen LogP contribution in [0.15, 0.2) is 48.7 Å². The van der Waals surface area contributed by atoms with Gasteiger partial charge in [-0.25, -0.2) is 4.98 Å². The Bertz CT molecular complexity index is 960. The molecule has 2 aliphatic rings. The number of benzene rings is 1. The van der Waals surface area contributed by atoms with Gasteiger partial charge in [0.2, 0.25) is 0 Å². The third kappa shape index (κ3) is 2.86. The molecular formula is C21H23N5O. The maximum Gasteiger partial charge on any atom is 0.166 e. The van der Waals surface area contributed by atoms with Gasteiger partial charge in [0, 0.05) is 36.0 Å². The lowest BCUT2D eigenvalue weighted by atomic mass is 9.82. The fourth-order valence-corrected chi connectivity index (χ4v) is 4.23. The van der Waals surface area contributed by atoms with E-state index in [0.29, 0.717) is 18.2 Å². The minimum absolute atomic E-state index is 0.249. The summed E-state index contributed by atoms with van der Waals surface area (Å²) < 4.78 is 8.08. The van der Waals surface area contributed by atoms with Gasteiger partial charge in [0.25, 0.3) is 0 Å². The standard InChI is InChI=1S/C21H23N5O/c22-20-18(27-13-15-4-2-1-3-5-15)10-16(12-24-20)17-11-19-21(6-8-23-14-21)7-9-26(19)25-17/h1-5,10-12,23H,6-9,13-14H2,(H2,22,24). The first-order chi connectivity index (χ1) is 13.2. The van der Waals surface area contributed by atoms with Crippen molar-refractivity contribution >= 4 is 5.82 Å². The lowest BCUT2D eigenvalue weighted by Gasteiger charge is -2.20. The zero-order chi connectivity index (χ0) is 18.3. The molecule has 3 N–H and O–H groups in total. The third-order valence-corrected chi connectivity index (χ3v) is 5.78. The Morgan fingerprint density at radius 3 is 2.89 bits per heavy atom. The normalized spacial score (nSPS) is 20.9. The van der Waals surface area contributed by atoms with Gasteiger partial charge < -0.3 is 15.8 Å². The van der Waals surface area contributed by atoms with Gasteiger partial charge in [-0.1, -0.05) is 30.3 Å². The number of nitrogens with zero attached hydrogens (tertiary/aromatic N) is 3. The molecule has 4 heterocycles. The van der Waals surface area contributed by atoms with Gasteiger partial charge in [-0.05, 0) is 37.1 Å². The maximum atomic E-state index is 6.03. The van der Waals surface area contributed by atoms with Crippen LogP contribution in [0.2, 0.25) is 0 Å². The molecule has 5 rings (SSSR count). The van der Waals surface area contributed by atoms with E-state index in [9.17, 15) is 0 Å². The molecule has 1 unspecified atom stereocenters. The number of aromatic nitrogens is 3. The number of nitrogen functional groups attached to an aromatic ring is 1. The summed E-state index contributed by atoms with van der Waals surface area (Å²) in [7, 11) is 0. The van der Waals surface area contributed by atoms with Crippen molar-refractivity contribution in [3.63, 3.8) is 0 Å². The van der Waals surface area contributed by atoms with Crippen LogP contribution in [-0.4, -0.2) is 27.9 Å². The van der Waals surface area contributed by atoms with Gasteiger partial charge in [0.1, 0.15) is 6.61 Å². The zero-order valence-electron chi connectivity index (χ0n) is 15.2. The second kappa shape index (κ2) is 6.39. The predicted octanol–water partition coefficient (Wildman–Crippen LogP) is 2.74. The van der Waals surface area contributed by atoms with Crippen molar-refractivity contribution in [2.45, 2.75) is 31.4 Å². The van der Waals surface area contributed by atoms with Gasteiger partial charge >= 0.3 is 0 Å². The van der Waals surface area contributed by atoms with E-state index >= 15 is 0 Å². The zero-order valence-corrected chi connectivity index (χ0v) is 15.2. The Balaban J connectivity index is 1.41. The van der Waals surface area contributed by atoms with E-state index in [0.717, 1.165) is 36.5 Å². The molecule has 1 spiro atoms. The fourth-order valence-electron chi connectivity index (χ4n) is 4.23. The molecule has 0 radical (unpaired) electrons. The lowest BCUT2D eigenvalue weighted by molar-refractivity contribution is 0.307. The summed E-state index contributed by atoms with van der Waals surface area (Å²) in [6.45, 7) is 3.58. The van der Waals surface area contributed by atoms with E-state index in [1.54, 1.807) is 6.20 Å². The Morgan fingerprint density at radius 2 is 2.07 bits per heavy atom. The van der Waals surface area contributed by atoms with Crippen LogP contribution in [0.5, 0.6) is 5.75 Å². The Labute approximate surface area is 158 Å². The number of aryl methyl sites for hydroxylation is 1. The summed E-state index contributed by atoms with van der Waals surface area (Å²) in [6.07, 6.45) is 4.14. The number of fused-ring (bicyclic) bond motifs is 2. The average molecular weight is 361 g/mol. The highest BCUT2D eigenvalue weighted by atomic mass is 16.5. The molecule has 138 valence electrons. The van der Waals surface area contributed by atoms with Crippen LogP contribution in [-0.2, 0) is 18.6 Å². The topological polar surface area (TPSA) is 78.0 Å². The molecular weight excluding hydrogens is 338 g/mol. The number of nitrogens with two attached hydrogens (primary N) is 1. The van der Waals surface area contributed by atoms with E-state index in [-0.39, 0.29) is 5.41 Å². The highest BCUT2D eigenvalue weighted by Crippen LogP contribution is 2.41. The van der Waals surface area contributed by atoms with Crippen LogP contribution >= 0.6 is 0 Å². The molecule has 1 aromatic carbocycles. The van der Waals surface area contributed by atoms with Gasteiger partial charge in [-0.2, -0.15) is 5.10 Å². The number of rotatable bonds is 4. The summed E-state index contributed by atoms with van der Waals surface area (Å²) in [6, 6.07) is 14.2. The van der Waals surface area contributed by atoms with Crippen LogP contribution < -0.4 is 15.8 Å². The summed E-state index contributed by atoms with van der Waals surface area (Å²) in [5, 5.41) is 8.33. The highest BCUT2D eigenvalue weighted by molar-refractivity contribution is 5.64. The Kier molecular flexibility index (Phi) is 3.86. The van der Waals surface area contributed by atoms with E-state index < -0.39 is 0 Å². The molecule has 6 heteroatoms.